The molecule has 0 unspecified atom stereocenters. The van der Waals surface area contributed by atoms with Crippen LogP contribution in [0.4, 0.5) is 0 Å². The molecule has 37 heavy (non-hydrogen) atoms. The number of ether oxygens (including phenoxy) is 1. The molecule has 0 saturated carbocycles. The number of carbonyl (C=O) groups is 3. The molecule has 3 amide bonds. The number of amides is 3. The zero-order chi connectivity index (χ0) is 26.3. The Kier molecular flexibility index (Phi) is 10.0. The summed E-state index contributed by atoms with van der Waals surface area (Å²) >= 11 is 0. The van der Waals surface area contributed by atoms with Crippen LogP contribution >= 0.6 is 0 Å². The van der Waals surface area contributed by atoms with E-state index in [1.807, 2.05) is 4.90 Å². The maximum Gasteiger partial charge on any atom is 0.242 e. The first-order chi connectivity index (χ1) is 17.9. The number of allylic oxidation sites excluding steroid dienone is 2. The van der Waals surface area contributed by atoms with Crippen LogP contribution in [-0.2, 0) is 19.1 Å². The number of rotatable bonds is 4. The smallest absolute Gasteiger partial charge is 0.242 e. The Labute approximate surface area is 222 Å². The van der Waals surface area contributed by atoms with E-state index in [0.29, 0.717) is 45.4 Å². The summed E-state index contributed by atoms with van der Waals surface area (Å²) in [5.74, 6) is 0.683. The van der Waals surface area contributed by atoms with Crippen molar-refractivity contribution in [1.29, 1.82) is 0 Å². The van der Waals surface area contributed by atoms with Crippen molar-refractivity contribution in [3.05, 3.63) is 12.2 Å². The first kappa shape index (κ1) is 28.1. The lowest BCUT2D eigenvalue weighted by Crippen LogP contribution is -2.57. The molecule has 8 heteroatoms. The fourth-order valence-corrected chi connectivity index (χ4v) is 6.37. The molecule has 4 aliphatic heterocycles. The highest BCUT2D eigenvalue weighted by Gasteiger charge is 2.43. The monoisotopic (exact) mass is 516 g/mol. The second-order valence-corrected chi connectivity index (χ2v) is 12.2. The Morgan fingerprint density at radius 1 is 1.05 bits per heavy atom. The van der Waals surface area contributed by atoms with Crippen LogP contribution in [0, 0.1) is 17.3 Å². The van der Waals surface area contributed by atoms with Crippen molar-refractivity contribution in [3.8, 4) is 0 Å². The molecular weight excluding hydrogens is 468 g/mol. The van der Waals surface area contributed by atoms with Gasteiger partial charge in [-0.2, -0.15) is 0 Å². The van der Waals surface area contributed by atoms with Gasteiger partial charge in [0.15, 0.2) is 0 Å². The Balaban J connectivity index is 1.44. The first-order valence-corrected chi connectivity index (χ1v) is 14.7. The van der Waals surface area contributed by atoms with Crippen LogP contribution in [0.15, 0.2) is 12.2 Å². The predicted molar refractivity (Wildman–Crippen MR) is 144 cm³/mol. The van der Waals surface area contributed by atoms with E-state index < -0.39 is 11.5 Å². The van der Waals surface area contributed by atoms with Crippen molar-refractivity contribution >= 4 is 17.7 Å². The fourth-order valence-electron chi connectivity index (χ4n) is 6.37. The first-order valence-electron chi connectivity index (χ1n) is 14.7. The highest BCUT2D eigenvalue weighted by atomic mass is 16.5. The molecule has 4 aliphatic rings. The van der Waals surface area contributed by atoms with E-state index >= 15 is 0 Å². The lowest BCUT2D eigenvalue weighted by molar-refractivity contribution is -0.139. The third kappa shape index (κ3) is 7.56. The van der Waals surface area contributed by atoms with E-state index in [1.54, 1.807) is 0 Å². The molecule has 2 N–H and O–H groups in total. The molecule has 0 aromatic heterocycles. The third-order valence-electron chi connectivity index (χ3n) is 8.86. The van der Waals surface area contributed by atoms with Gasteiger partial charge < -0.3 is 20.3 Å². The van der Waals surface area contributed by atoms with Crippen LogP contribution in [0.3, 0.4) is 0 Å². The minimum absolute atomic E-state index is 0.0134. The van der Waals surface area contributed by atoms with Crippen LogP contribution in [0.2, 0.25) is 0 Å². The van der Waals surface area contributed by atoms with Gasteiger partial charge in [-0.25, -0.2) is 0 Å². The van der Waals surface area contributed by atoms with Crippen molar-refractivity contribution in [1.82, 2.24) is 20.4 Å². The zero-order valence-electron chi connectivity index (χ0n) is 23.0. The number of hydrogen-bond donors (Lipinski definition) is 2. The predicted octanol–water partition coefficient (Wildman–Crippen LogP) is 2.87. The van der Waals surface area contributed by atoms with Gasteiger partial charge >= 0.3 is 0 Å². The number of hydrogen-bond acceptors (Lipinski definition) is 5. The van der Waals surface area contributed by atoms with Gasteiger partial charge in [-0.1, -0.05) is 38.8 Å². The summed E-state index contributed by atoms with van der Waals surface area (Å²) in [6, 6.07) is -0.449. The topological polar surface area (TPSA) is 91.0 Å². The van der Waals surface area contributed by atoms with Crippen molar-refractivity contribution < 1.29 is 19.1 Å². The van der Waals surface area contributed by atoms with Gasteiger partial charge in [0.05, 0.1) is 18.6 Å². The van der Waals surface area contributed by atoms with Gasteiger partial charge in [-0.15, -0.1) is 0 Å². The number of fused-ring (bicyclic) bond motifs is 1. The Morgan fingerprint density at radius 2 is 1.78 bits per heavy atom. The largest absolute Gasteiger partial charge is 0.381 e. The SMILES string of the molecule is CC(C)C[C@H]1NC(=O)C2(C/C=C\C[C@@H]3COCC[C@@H]3NC1=O)CCN(CC(=O)N1CCCCCC1)CC2. The van der Waals surface area contributed by atoms with Crippen molar-refractivity contribution in [2.75, 3.05) is 45.9 Å². The van der Waals surface area contributed by atoms with Crippen LogP contribution in [0.1, 0.15) is 78.1 Å². The van der Waals surface area contributed by atoms with Crippen LogP contribution in [-0.4, -0.2) is 85.5 Å². The van der Waals surface area contributed by atoms with Crippen molar-refractivity contribution in [2.45, 2.75) is 90.1 Å². The average Bonchev–Trinajstić information content (AvgIpc) is 3.17. The summed E-state index contributed by atoms with van der Waals surface area (Å²) in [5.41, 5.74) is -0.546. The molecule has 8 nitrogen and oxygen atoms in total. The highest BCUT2D eigenvalue weighted by Crippen LogP contribution is 2.37. The molecular formula is C29H48N4O4. The number of nitrogens with one attached hydrogen (secondary N) is 2. The van der Waals surface area contributed by atoms with E-state index in [9.17, 15) is 14.4 Å². The highest BCUT2D eigenvalue weighted by molar-refractivity contribution is 5.90. The molecule has 3 saturated heterocycles. The quantitative estimate of drug-likeness (QED) is 0.561. The Hall–Kier alpha value is -1.93. The van der Waals surface area contributed by atoms with E-state index in [4.69, 9.17) is 4.74 Å². The van der Waals surface area contributed by atoms with E-state index in [-0.39, 0.29) is 35.6 Å². The normalized spacial score (nSPS) is 30.9. The summed E-state index contributed by atoms with van der Waals surface area (Å²) in [6.45, 7) is 9.12. The lowest BCUT2D eigenvalue weighted by atomic mass is 9.74. The minimum atomic E-state index is -0.546. The van der Waals surface area contributed by atoms with Gasteiger partial charge in [-0.3, -0.25) is 19.3 Å². The molecule has 0 aliphatic carbocycles. The average molecular weight is 517 g/mol. The molecule has 208 valence electrons. The fraction of sp³-hybridized carbons (Fsp3) is 0.828. The summed E-state index contributed by atoms with van der Waals surface area (Å²) < 4.78 is 5.72. The van der Waals surface area contributed by atoms with E-state index in [0.717, 1.165) is 51.9 Å². The molecule has 4 heterocycles. The second-order valence-electron chi connectivity index (χ2n) is 12.2. The minimum Gasteiger partial charge on any atom is -0.381 e. The number of likely N-dealkylation sites (tertiary alicyclic amines) is 2. The molecule has 3 fully saturated rings. The molecule has 4 rings (SSSR count). The Morgan fingerprint density at radius 3 is 2.49 bits per heavy atom. The second kappa shape index (κ2) is 13.2. The molecule has 1 spiro atoms. The van der Waals surface area contributed by atoms with E-state index in [2.05, 4.69) is 41.5 Å². The molecule has 0 aromatic carbocycles. The van der Waals surface area contributed by atoms with Crippen LogP contribution in [0.5, 0.6) is 0 Å². The van der Waals surface area contributed by atoms with E-state index in [1.165, 1.54) is 12.8 Å². The van der Waals surface area contributed by atoms with Gasteiger partial charge in [-0.05, 0) is 70.4 Å². The lowest BCUT2D eigenvalue weighted by Gasteiger charge is -2.41. The molecule has 0 bridgehead atoms. The maximum absolute atomic E-state index is 13.8. The number of piperidine rings is 1. The third-order valence-corrected chi connectivity index (χ3v) is 8.86. The molecule has 3 atom stereocenters. The summed E-state index contributed by atoms with van der Waals surface area (Å²) in [5, 5.41) is 6.43. The van der Waals surface area contributed by atoms with Crippen molar-refractivity contribution in [3.63, 3.8) is 0 Å². The molecule has 0 aromatic rings. The summed E-state index contributed by atoms with van der Waals surface area (Å²) in [6.07, 6.45) is 13.3. The van der Waals surface area contributed by atoms with Gasteiger partial charge in [0.2, 0.25) is 17.7 Å². The van der Waals surface area contributed by atoms with Crippen LogP contribution < -0.4 is 10.6 Å². The summed E-state index contributed by atoms with van der Waals surface area (Å²) in [7, 11) is 0. The Bertz CT molecular complexity index is 813. The van der Waals surface area contributed by atoms with Gasteiger partial charge in [0.25, 0.3) is 0 Å². The summed E-state index contributed by atoms with van der Waals surface area (Å²) in [4.78, 5) is 44.3. The number of carbonyl (C=O) groups excluding carboxylic acids is 3. The van der Waals surface area contributed by atoms with Crippen LogP contribution in [0.25, 0.3) is 0 Å². The zero-order valence-corrected chi connectivity index (χ0v) is 23.0. The van der Waals surface area contributed by atoms with Gasteiger partial charge in [0.1, 0.15) is 6.04 Å². The maximum atomic E-state index is 13.8. The molecule has 0 radical (unpaired) electrons. The standard InChI is InChI=1S/C29H48N4O4/c1-22(2)19-25-27(35)30-24-10-18-37-21-23(24)9-5-6-11-29(28(36)31-25)12-16-32(17-13-29)20-26(34)33-14-7-3-4-8-15-33/h5-6,22-25H,3-4,7-21H2,1-2H3,(H,30,35)(H,31,36)/b6-5-/t23-,24+,25-/m1/s1. The van der Waals surface area contributed by atoms with Crippen molar-refractivity contribution in [2.24, 2.45) is 17.3 Å². The van der Waals surface area contributed by atoms with Gasteiger partial charge in [0, 0.05) is 31.7 Å². The number of nitrogens with zero attached hydrogens (tertiary/aromatic N) is 2.